The third-order valence-corrected chi connectivity index (χ3v) is 3.70. The number of carbonyl (C=O) groups excluding carboxylic acids is 1. The monoisotopic (exact) mass is 292 g/mol. The Morgan fingerprint density at radius 1 is 1.33 bits per heavy atom. The molecule has 21 heavy (non-hydrogen) atoms. The lowest BCUT2D eigenvalue weighted by Gasteiger charge is -2.12. The fraction of sp³-hybridized carbons (Fsp3) is 0.533. The van der Waals surface area contributed by atoms with Crippen LogP contribution in [-0.4, -0.2) is 42.9 Å². The number of nitrogens with one attached hydrogen (secondary N) is 2. The molecule has 2 aliphatic heterocycles. The van der Waals surface area contributed by atoms with E-state index in [1.807, 2.05) is 18.2 Å². The summed E-state index contributed by atoms with van der Waals surface area (Å²) in [6.07, 6.45) is 0.905. The van der Waals surface area contributed by atoms with Gasteiger partial charge in [-0.15, -0.1) is 0 Å². The zero-order valence-corrected chi connectivity index (χ0v) is 11.8. The molecule has 6 heteroatoms. The van der Waals surface area contributed by atoms with Gasteiger partial charge in [-0.1, -0.05) is 6.07 Å². The molecule has 0 bridgehead atoms. The largest absolute Gasteiger partial charge is 0.490 e. The third kappa shape index (κ3) is 3.46. The van der Waals surface area contributed by atoms with Gasteiger partial charge in [0.1, 0.15) is 0 Å². The van der Waals surface area contributed by atoms with Crippen molar-refractivity contribution in [3.63, 3.8) is 0 Å². The molecular weight excluding hydrogens is 272 g/mol. The van der Waals surface area contributed by atoms with Gasteiger partial charge >= 0.3 is 0 Å². The van der Waals surface area contributed by atoms with Crippen LogP contribution in [0.15, 0.2) is 18.2 Å². The highest BCUT2D eigenvalue weighted by atomic mass is 16.5. The van der Waals surface area contributed by atoms with E-state index in [2.05, 4.69) is 10.6 Å². The molecule has 1 amide bonds. The predicted molar refractivity (Wildman–Crippen MR) is 76.3 cm³/mol. The van der Waals surface area contributed by atoms with Crippen LogP contribution in [0.25, 0.3) is 0 Å². The normalized spacial score (nSPS) is 24.4. The smallest absolute Gasteiger partial charge is 0.237 e. The number of hydrogen-bond donors (Lipinski definition) is 3. The minimum atomic E-state index is -0.432. The van der Waals surface area contributed by atoms with Crippen molar-refractivity contribution in [3.8, 4) is 11.5 Å². The molecule has 0 unspecified atom stereocenters. The van der Waals surface area contributed by atoms with Crippen LogP contribution in [-0.2, 0) is 11.3 Å². The number of aliphatic hydroxyl groups excluding tert-OH is 1. The zero-order valence-electron chi connectivity index (χ0n) is 11.8. The van der Waals surface area contributed by atoms with Crippen LogP contribution in [0.5, 0.6) is 11.5 Å². The Kier molecular flexibility index (Phi) is 4.26. The summed E-state index contributed by atoms with van der Waals surface area (Å²) < 4.78 is 11.2. The molecular formula is C15H20N2O4. The average molecular weight is 292 g/mol. The van der Waals surface area contributed by atoms with Gasteiger partial charge < -0.3 is 25.2 Å². The lowest BCUT2D eigenvalue weighted by molar-refractivity contribution is -0.123. The molecule has 2 aliphatic rings. The van der Waals surface area contributed by atoms with E-state index in [-0.39, 0.29) is 11.9 Å². The van der Waals surface area contributed by atoms with Crippen LogP contribution in [0.1, 0.15) is 18.4 Å². The number of fused-ring (bicyclic) bond motifs is 1. The fourth-order valence-corrected chi connectivity index (χ4v) is 2.55. The van der Waals surface area contributed by atoms with E-state index in [1.54, 1.807) is 0 Å². The highest BCUT2D eigenvalue weighted by Crippen LogP contribution is 2.30. The first kappa shape index (κ1) is 14.2. The second kappa shape index (κ2) is 6.32. The number of hydrogen-bond acceptors (Lipinski definition) is 5. The highest BCUT2D eigenvalue weighted by molar-refractivity contribution is 5.82. The van der Waals surface area contributed by atoms with Crippen LogP contribution in [0.4, 0.5) is 0 Å². The first-order chi connectivity index (χ1) is 10.2. The molecule has 0 spiro atoms. The highest BCUT2D eigenvalue weighted by Gasteiger charge is 2.27. The molecule has 1 saturated heterocycles. The van der Waals surface area contributed by atoms with E-state index in [9.17, 15) is 9.90 Å². The van der Waals surface area contributed by atoms with Crippen molar-refractivity contribution in [1.82, 2.24) is 10.6 Å². The lowest BCUT2D eigenvalue weighted by Crippen LogP contribution is -2.40. The Labute approximate surface area is 123 Å². The molecule has 0 radical (unpaired) electrons. The summed E-state index contributed by atoms with van der Waals surface area (Å²) in [7, 11) is 0. The molecule has 3 N–H and O–H groups in total. The summed E-state index contributed by atoms with van der Waals surface area (Å²) in [6.45, 7) is 2.22. The maximum Gasteiger partial charge on any atom is 0.237 e. The van der Waals surface area contributed by atoms with E-state index in [1.165, 1.54) is 0 Å². The molecule has 3 rings (SSSR count). The second-order valence-corrected chi connectivity index (χ2v) is 5.40. The summed E-state index contributed by atoms with van der Waals surface area (Å²) in [5.74, 6) is 1.40. The van der Waals surface area contributed by atoms with Crippen molar-refractivity contribution in [1.29, 1.82) is 0 Å². The van der Waals surface area contributed by atoms with Crippen LogP contribution in [0, 0.1) is 0 Å². The molecule has 6 nitrogen and oxygen atoms in total. The van der Waals surface area contributed by atoms with E-state index in [0.717, 1.165) is 23.5 Å². The van der Waals surface area contributed by atoms with Gasteiger partial charge in [0, 0.05) is 19.5 Å². The van der Waals surface area contributed by atoms with Crippen LogP contribution in [0.2, 0.25) is 0 Å². The summed E-state index contributed by atoms with van der Waals surface area (Å²) in [5, 5.41) is 15.3. The van der Waals surface area contributed by atoms with Gasteiger partial charge in [0.15, 0.2) is 11.5 Å². The Morgan fingerprint density at radius 3 is 2.90 bits per heavy atom. The third-order valence-electron chi connectivity index (χ3n) is 3.70. The lowest BCUT2D eigenvalue weighted by atomic mass is 10.1. The quantitative estimate of drug-likeness (QED) is 0.741. The van der Waals surface area contributed by atoms with Gasteiger partial charge in [-0.2, -0.15) is 0 Å². The SMILES string of the molecule is O=C(NCc1ccc2c(c1)OCCCO2)[C@@H]1C[C@H](O)CN1. The van der Waals surface area contributed by atoms with Crippen molar-refractivity contribution in [2.75, 3.05) is 19.8 Å². The molecule has 1 aromatic carbocycles. The molecule has 114 valence electrons. The number of rotatable bonds is 3. The van der Waals surface area contributed by atoms with Crippen molar-refractivity contribution in [3.05, 3.63) is 23.8 Å². The van der Waals surface area contributed by atoms with Gasteiger partial charge in [-0.25, -0.2) is 0 Å². The minimum Gasteiger partial charge on any atom is -0.490 e. The number of aliphatic hydroxyl groups is 1. The fourth-order valence-electron chi connectivity index (χ4n) is 2.55. The van der Waals surface area contributed by atoms with Crippen molar-refractivity contribution in [2.24, 2.45) is 0 Å². The Balaban J connectivity index is 1.58. The Morgan fingerprint density at radius 2 is 2.14 bits per heavy atom. The van der Waals surface area contributed by atoms with E-state index in [0.29, 0.717) is 32.7 Å². The van der Waals surface area contributed by atoms with Crippen molar-refractivity contribution in [2.45, 2.75) is 31.5 Å². The number of ether oxygens (including phenoxy) is 2. The summed E-state index contributed by atoms with van der Waals surface area (Å²) in [6, 6.07) is 5.39. The standard InChI is InChI=1S/C15H20N2O4/c18-11-7-12(16-9-11)15(19)17-8-10-2-3-13-14(6-10)21-5-1-4-20-13/h2-3,6,11-12,16,18H,1,4-5,7-9H2,(H,17,19)/t11-,12-/m0/s1. The van der Waals surface area contributed by atoms with Gasteiger partial charge in [0.2, 0.25) is 5.91 Å². The van der Waals surface area contributed by atoms with E-state index in [4.69, 9.17) is 9.47 Å². The number of β-amino-alcohol motifs (C(OH)–C–C–N with tert-alkyl or cyclic N) is 1. The molecule has 0 saturated carbocycles. The van der Waals surface area contributed by atoms with Crippen molar-refractivity contribution >= 4 is 5.91 Å². The molecule has 2 heterocycles. The van der Waals surface area contributed by atoms with Gasteiger partial charge in [-0.3, -0.25) is 4.79 Å². The maximum atomic E-state index is 12.0. The molecule has 0 aromatic heterocycles. The first-order valence-corrected chi connectivity index (χ1v) is 7.30. The Hall–Kier alpha value is -1.79. The van der Waals surface area contributed by atoms with Crippen molar-refractivity contribution < 1.29 is 19.4 Å². The predicted octanol–water partition coefficient (Wildman–Crippen LogP) is 0.187. The number of carbonyl (C=O) groups is 1. The number of benzene rings is 1. The molecule has 2 atom stereocenters. The Bertz CT molecular complexity index is 520. The molecule has 0 aliphatic carbocycles. The second-order valence-electron chi connectivity index (χ2n) is 5.40. The zero-order chi connectivity index (χ0) is 14.7. The van der Waals surface area contributed by atoms with Crippen LogP contribution in [0.3, 0.4) is 0 Å². The van der Waals surface area contributed by atoms with Gasteiger partial charge in [-0.05, 0) is 24.1 Å². The first-order valence-electron chi connectivity index (χ1n) is 7.30. The van der Waals surface area contributed by atoms with Gasteiger partial charge in [0.05, 0.1) is 25.4 Å². The van der Waals surface area contributed by atoms with Gasteiger partial charge in [0.25, 0.3) is 0 Å². The average Bonchev–Trinajstić information content (AvgIpc) is 2.79. The summed E-state index contributed by atoms with van der Waals surface area (Å²) in [4.78, 5) is 12.0. The molecule has 1 fully saturated rings. The maximum absolute atomic E-state index is 12.0. The van der Waals surface area contributed by atoms with E-state index < -0.39 is 6.10 Å². The number of amides is 1. The van der Waals surface area contributed by atoms with Crippen LogP contribution >= 0.6 is 0 Å². The topological polar surface area (TPSA) is 79.8 Å². The summed E-state index contributed by atoms with van der Waals surface area (Å²) >= 11 is 0. The molecule has 1 aromatic rings. The van der Waals surface area contributed by atoms with E-state index >= 15 is 0 Å². The van der Waals surface area contributed by atoms with Crippen LogP contribution < -0.4 is 20.1 Å². The minimum absolute atomic E-state index is 0.0846. The summed E-state index contributed by atoms with van der Waals surface area (Å²) in [5.41, 5.74) is 0.964.